The van der Waals surface area contributed by atoms with Gasteiger partial charge in [-0.05, 0) is 45.3 Å². The molecule has 0 bridgehead atoms. The Bertz CT molecular complexity index is 765. The minimum atomic E-state index is -0.00279. The van der Waals surface area contributed by atoms with Crippen molar-refractivity contribution in [3.05, 3.63) is 58.4 Å². The predicted octanol–water partition coefficient (Wildman–Crippen LogP) is 3.93. The zero-order valence-electron chi connectivity index (χ0n) is 15.4. The summed E-state index contributed by atoms with van der Waals surface area (Å²) >= 11 is 0. The van der Waals surface area contributed by atoms with Crippen LogP contribution in [0.2, 0.25) is 0 Å². The van der Waals surface area contributed by atoms with Gasteiger partial charge in [-0.25, -0.2) is 0 Å². The third-order valence-corrected chi connectivity index (χ3v) is 4.99. The van der Waals surface area contributed by atoms with Gasteiger partial charge in [-0.15, -0.1) is 0 Å². The van der Waals surface area contributed by atoms with Gasteiger partial charge >= 0.3 is 0 Å². The van der Waals surface area contributed by atoms with E-state index >= 15 is 0 Å². The molecule has 1 aromatic heterocycles. The molecule has 2 aromatic rings. The monoisotopic (exact) mass is 337 g/mol. The maximum Gasteiger partial charge on any atom is 0.244 e. The van der Waals surface area contributed by atoms with Gasteiger partial charge in [0.05, 0.1) is 12.2 Å². The number of rotatable bonds is 5. The molecule has 0 spiro atoms. The molecule has 0 radical (unpaired) electrons. The summed E-state index contributed by atoms with van der Waals surface area (Å²) in [5.41, 5.74) is 5.56. The van der Waals surface area contributed by atoms with Gasteiger partial charge in [-0.1, -0.05) is 42.7 Å². The third kappa shape index (κ3) is 4.38. The van der Waals surface area contributed by atoms with Crippen LogP contribution >= 0.6 is 0 Å². The maximum atomic E-state index is 12.1. The van der Waals surface area contributed by atoms with Gasteiger partial charge in [-0.2, -0.15) is 5.10 Å². The Morgan fingerprint density at radius 1 is 1.20 bits per heavy atom. The van der Waals surface area contributed by atoms with Crippen LogP contribution in [0.4, 0.5) is 0 Å². The molecule has 1 N–H and O–H groups in total. The van der Waals surface area contributed by atoms with E-state index in [0.29, 0.717) is 6.04 Å². The van der Waals surface area contributed by atoms with E-state index in [0.717, 1.165) is 36.3 Å². The highest BCUT2D eigenvalue weighted by atomic mass is 16.1. The number of benzene rings is 1. The van der Waals surface area contributed by atoms with Crippen molar-refractivity contribution < 1.29 is 4.79 Å². The topological polar surface area (TPSA) is 46.9 Å². The highest BCUT2D eigenvalue weighted by molar-refractivity contribution is 5.92. The fourth-order valence-corrected chi connectivity index (χ4v) is 3.45. The highest BCUT2D eigenvalue weighted by Crippen LogP contribution is 2.19. The summed E-state index contributed by atoms with van der Waals surface area (Å²) in [5.74, 6) is -0.00279. The highest BCUT2D eigenvalue weighted by Gasteiger charge is 2.16. The maximum absolute atomic E-state index is 12.1. The smallest absolute Gasteiger partial charge is 0.244 e. The van der Waals surface area contributed by atoms with Gasteiger partial charge in [0, 0.05) is 23.4 Å². The molecule has 1 aliphatic rings. The molecular formula is C21H27N3O. The average Bonchev–Trinajstić information content (AvgIpc) is 3.17. The van der Waals surface area contributed by atoms with E-state index < -0.39 is 0 Å². The molecule has 1 aliphatic carbocycles. The third-order valence-electron chi connectivity index (χ3n) is 4.99. The zero-order chi connectivity index (χ0) is 17.8. The first-order valence-corrected chi connectivity index (χ1v) is 9.11. The van der Waals surface area contributed by atoms with Crippen molar-refractivity contribution in [3.8, 4) is 0 Å². The van der Waals surface area contributed by atoms with E-state index in [9.17, 15) is 4.79 Å². The second kappa shape index (κ2) is 7.68. The summed E-state index contributed by atoms with van der Waals surface area (Å²) in [5, 5.41) is 7.73. The van der Waals surface area contributed by atoms with Crippen LogP contribution < -0.4 is 5.32 Å². The molecule has 1 aromatic carbocycles. The van der Waals surface area contributed by atoms with Gasteiger partial charge < -0.3 is 5.32 Å². The Kier molecular flexibility index (Phi) is 5.37. The first-order chi connectivity index (χ1) is 12.0. The van der Waals surface area contributed by atoms with Crippen molar-refractivity contribution in [1.82, 2.24) is 15.1 Å². The Hall–Kier alpha value is -2.36. The van der Waals surface area contributed by atoms with Crippen LogP contribution in [0.25, 0.3) is 6.08 Å². The molecule has 0 unspecified atom stereocenters. The van der Waals surface area contributed by atoms with Crippen molar-refractivity contribution in [3.63, 3.8) is 0 Å². The minimum absolute atomic E-state index is 0.00279. The van der Waals surface area contributed by atoms with Gasteiger partial charge in [-0.3, -0.25) is 9.48 Å². The number of aryl methyl sites for hydroxylation is 2. The van der Waals surface area contributed by atoms with Crippen LogP contribution in [0.15, 0.2) is 30.3 Å². The molecule has 0 saturated heterocycles. The van der Waals surface area contributed by atoms with Crippen LogP contribution in [0.1, 0.15) is 53.8 Å². The van der Waals surface area contributed by atoms with Crippen molar-refractivity contribution in [2.45, 2.75) is 59.0 Å². The lowest BCUT2D eigenvalue weighted by molar-refractivity contribution is -0.117. The summed E-state index contributed by atoms with van der Waals surface area (Å²) in [7, 11) is 0. The quantitative estimate of drug-likeness (QED) is 0.840. The number of carbonyl (C=O) groups is 1. The van der Waals surface area contributed by atoms with Gasteiger partial charge in [0.15, 0.2) is 0 Å². The normalized spacial score (nSPS) is 15.2. The number of nitrogens with one attached hydrogen (secondary N) is 1. The van der Waals surface area contributed by atoms with Gasteiger partial charge in [0.25, 0.3) is 0 Å². The summed E-state index contributed by atoms with van der Waals surface area (Å²) in [6.07, 6.45) is 8.19. The van der Waals surface area contributed by atoms with Crippen LogP contribution in [0.5, 0.6) is 0 Å². The van der Waals surface area contributed by atoms with E-state index in [1.807, 2.05) is 17.7 Å². The second-order valence-electron chi connectivity index (χ2n) is 7.05. The fraction of sp³-hybridized carbons (Fsp3) is 0.429. The van der Waals surface area contributed by atoms with Crippen LogP contribution in [-0.2, 0) is 11.3 Å². The zero-order valence-corrected chi connectivity index (χ0v) is 15.4. The molecule has 1 amide bonds. The van der Waals surface area contributed by atoms with Crippen LogP contribution in [0, 0.1) is 20.8 Å². The Morgan fingerprint density at radius 3 is 2.56 bits per heavy atom. The van der Waals surface area contributed by atoms with E-state index in [2.05, 4.69) is 48.5 Å². The van der Waals surface area contributed by atoms with E-state index in [1.165, 1.54) is 24.0 Å². The molecule has 0 atom stereocenters. The van der Waals surface area contributed by atoms with Crippen molar-refractivity contribution in [2.75, 3.05) is 0 Å². The van der Waals surface area contributed by atoms with E-state index in [4.69, 9.17) is 0 Å². The first kappa shape index (κ1) is 17.5. The summed E-state index contributed by atoms with van der Waals surface area (Å²) in [6.45, 7) is 6.89. The molecule has 1 fully saturated rings. The number of hydrogen-bond donors (Lipinski definition) is 1. The number of carbonyl (C=O) groups excluding carboxylic acids is 1. The molecule has 4 heteroatoms. The lowest BCUT2D eigenvalue weighted by atomic mass is 10.1. The lowest BCUT2D eigenvalue weighted by Gasteiger charge is -2.09. The number of hydrogen-bond acceptors (Lipinski definition) is 2. The Balaban J connectivity index is 1.69. The number of amides is 1. The van der Waals surface area contributed by atoms with Gasteiger partial charge in [0.2, 0.25) is 5.91 Å². The Morgan fingerprint density at radius 2 is 1.88 bits per heavy atom. The van der Waals surface area contributed by atoms with Crippen LogP contribution in [0.3, 0.4) is 0 Å². The predicted molar refractivity (Wildman–Crippen MR) is 101 cm³/mol. The average molecular weight is 337 g/mol. The van der Waals surface area contributed by atoms with Crippen molar-refractivity contribution >= 4 is 12.0 Å². The van der Waals surface area contributed by atoms with Crippen molar-refractivity contribution in [2.24, 2.45) is 0 Å². The summed E-state index contributed by atoms with van der Waals surface area (Å²) in [4.78, 5) is 12.1. The molecule has 132 valence electrons. The molecule has 1 heterocycles. The molecule has 4 nitrogen and oxygen atoms in total. The largest absolute Gasteiger partial charge is 0.350 e. The SMILES string of the molecule is Cc1ccc(Cn2nc(C)c(/C=C/C(=O)NC3CCCC3)c2C)cc1. The molecule has 1 saturated carbocycles. The van der Waals surface area contributed by atoms with E-state index in [1.54, 1.807) is 6.08 Å². The summed E-state index contributed by atoms with van der Waals surface area (Å²) < 4.78 is 2.01. The fourth-order valence-electron chi connectivity index (χ4n) is 3.45. The minimum Gasteiger partial charge on any atom is -0.350 e. The first-order valence-electron chi connectivity index (χ1n) is 9.11. The second-order valence-corrected chi connectivity index (χ2v) is 7.05. The molecule has 25 heavy (non-hydrogen) atoms. The molecule has 0 aliphatic heterocycles. The standard InChI is InChI=1S/C21H27N3O/c1-15-8-10-18(11-9-15)14-24-17(3)20(16(2)23-24)12-13-21(25)22-19-6-4-5-7-19/h8-13,19H,4-7,14H2,1-3H3,(H,22,25)/b13-12+. The molecule has 3 rings (SSSR count). The van der Waals surface area contributed by atoms with Gasteiger partial charge in [0.1, 0.15) is 0 Å². The van der Waals surface area contributed by atoms with Crippen LogP contribution in [-0.4, -0.2) is 21.7 Å². The summed E-state index contributed by atoms with van der Waals surface area (Å²) in [6, 6.07) is 8.86. The number of nitrogens with zero attached hydrogens (tertiary/aromatic N) is 2. The number of aromatic nitrogens is 2. The van der Waals surface area contributed by atoms with Crippen molar-refractivity contribution in [1.29, 1.82) is 0 Å². The van der Waals surface area contributed by atoms with E-state index in [-0.39, 0.29) is 5.91 Å². The molecular weight excluding hydrogens is 310 g/mol. The Labute approximate surface area is 149 Å². The lowest BCUT2D eigenvalue weighted by Crippen LogP contribution is -2.30.